The Labute approximate surface area is 145 Å². The van der Waals surface area contributed by atoms with Gasteiger partial charge in [0.15, 0.2) is 17.4 Å². The van der Waals surface area contributed by atoms with Crippen LogP contribution in [0.1, 0.15) is 35.1 Å². The largest absolute Gasteiger partial charge is 0.535 e. The van der Waals surface area contributed by atoms with E-state index < -0.39 is 7.12 Å². The molecule has 0 saturated carbocycles. The summed E-state index contributed by atoms with van der Waals surface area (Å²) in [6, 6.07) is 5.29. The number of hydrogen-bond donors (Lipinski definition) is 2. The van der Waals surface area contributed by atoms with Crippen LogP contribution in [0.4, 0.5) is 0 Å². The van der Waals surface area contributed by atoms with E-state index in [1.807, 2.05) is 6.07 Å². The van der Waals surface area contributed by atoms with Crippen LogP contribution in [0, 0.1) is 0 Å². The molecule has 3 N–H and O–H groups in total. The van der Waals surface area contributed by atoms with Crippen LogP contribution in [0.15, 0.2) is 24.5 Å². The molecule has 3 rings (SSSR count). The van der Waals surface area contributed by atoms with E-state index in [1.54, 1.807) is 12.1 Å². The second kappa shape index (κ2) is 7.16. The standard InChI is InChI=1S/C16H19BN4O4/c1-10(22)14-4-2-3-11-5-12(17(24)25-16(11)14)6-13(23)8-21-9-19-15(7-18)20-21/h2-4,9,12,24H,5-8,18H2,1H3/t12-/m1/s1. The maximum absolute atomic E-state index is 12.3. The fraction of sp³-hybridized carbons (Fsp3) is 0.375. The Morgan fingerprint density at radius 2 is 2.28 bits per heavy atom. The van der Waals surface area contributed by atoms with Crippen molar-refractivity contribution in [2.45, 2.75) is 38.7 Å². The molecule has 1 atom stereocenters. The SMILES string of the molecule is CC(=O)c1cccc2c1OB(O)[C@@H](CC(=O)Cn1cnc(CN)n1)C2. The van der Waals surface area contributed by atoms with Gasteiger partial charge in [0.25, 0.3) is 0 Å². The minimum absolute atomic E-state index is 0.0660. The Hall–Kier alpha value is -2.52. The van der Waals surface area contributed by atoms with Gasteiger partial charge in [-0.3, -0.25) is 9.59 Å². The minimum atomic E-state index is -1.13. The van der Waals surface area contributed by atoms with E-state index in [0.717, 1.165) is 5.56 Å². The molecule has 0 spiro atoms. The fourth-order valence-corrected chi connectivity index (χ4v) is 2.98. The lowest BCUT2D eigenvalue weighted by molar-refractivity contribution is -0.120. The van der Waals surface area contributed by atoms with Crippen LogP contribution in [-0.2, 0) is 24.3 Å². The zero-order valence-corrected chi connectivity index (χ0v) is 13.9. The first-order chi connectivity index (χ1) is 12.0. The lowest BCUT2D eigenvalue weighted by Gasteiger charge is -2.28. The minimum Gasteiger partial charge on any atom is -0.535 e. The number of ketones is 2. The Morgan fingerprint density at radius 1 is 1.48 bits per heavy atom. The normalized spacial score (nSPS) is 16.3. The summed E-state index contributed by atoms with van der Waals surface area (Å²) < 4.78 is 6.97. The van der Waals surface area contributed by atoms with Crippen molar-refractivity contribution in [2.24, 2.45) is 5.73 Å². The number of fused-ring (bicyclic) bond motifs is 1. The molecular weight excluding hydrogens is 323 g/mol. The van der Waals surface area contributed by atoms with E-state index in [4.69, 9.17) is 10.4 Å². The van der Waals surface area contributed by atoms with Crippen LogP contribution in [0.5, 0.6) is 5.75 Å². The van der Waals surface area contributed by atoms with Crippen molar-refractivity contribution in [2.75, 3.05) is 0 Å². The summed E-state index contributed by atoms with van der Waals surface area (Å²) in [5, 5.41) is 14.3. The topological polar surface area (TPSA) is 120 Å². The first-order valence-corrected chi connectivity index (χ1v) is 8.05. The third-order valence-corrected chi connectivity index (χ3v) is 4.19. The van der Waals surface area contributed by atoms with Gasteiger partial charge in [-0.05, 0) is 25.0 Å². The van der Waals surface area contributed by atoms with Crippen LogP contribution in [0.3, 0.4) is 0 Å². The average molecular weight is 342 g/mol. The molecule has 1 aromatic carbocycles. The van der Waals surface area contributed by atoms with Gasteiger partial charge in [0.2, 0.25) is 0 Å². The number of hydrogen-bond acceptors (Lipinski definition) is 7. The number of Topliss-reactive ketones (excluding diaryl/α,β-unsaturated/α-hetero) is 2. The van der Waals surface area contributed by atoms with Gasteiger partial charge in [0.05, 0.1) is 12.1 Å². The quantitative estimate of drug-likeness (QED) is 0.575. The van der Waals surface area contributed by atoms with Gasteiger partial charge in [0.1, 0.15) is 18.6 Å². The molecular formula is C16H19BN4O4. The number of carbonyl (C=O) groups excluding carboxylic acids is 2. The van der Waals surface area contributed by atoms with Crippen LogP contribution in [0.2, 0.25) is 5.82 Å². The zero-order valence-electron chi connectivity index (χ0n) is 13.9. The molecule has 25 heavy (non-hydrogen) atoms. The maximum Gasteiger partial charge on any atom is 0.526 e. The molecule has 0 radical (unpaired) electrons. The molecule has 2 heterocycles. The van der Waals surface area contributed by atoms with Crippen molar-refractivity contribution >= 4 is 18.7 Å². The Bertz CT molecular complexity index is 807. The molecule has 1 aliphatic rings. The molecule has 1 aromatic heterocycles. The van der Waals surface area contributed by atoms with E-state index in [9.17, 15) is 14.6 Å². The third kappa shape index (κ3) is 3.77. The number of aromatic nitrogens is 3. The second-order valence-corrected chi connectivity index (χ2v) is 6.13. The van der Waals surface area contributed by atoms with Crippen molar-refractivity contribution in [3.63, 3.8) is 0 Å². The van der Waals surface area contributed by atoms with E-state index in [0.29, 0.717) is 23.6 Å². The highest BCUT2D eigenvalue weighted by Gasteiger charge is 2.37. The summed E-state index contributed by atoms with van der Waals surface area (Å²) in [5.41, 5.74) is 6.71. The van der Waals surface area contributed by atoms with E-state index >= 15 is 0 Å². The van der Waals surface area contributed by atoms with E-state index in [1.165, 1.54) is 17.9 Å². The molecule has 0 bridgehead atoms. The van der Waals surface area contributed by atoms with Crippen molar-refractivity contribution < 1.29 is 19.3 Å². The van der Waals surface area contributed by atoms with Crippen molar-refractivity contribution in [1.82, 2.24) is 14.8 Å². The van der Waals surface area contributed by atoms with Crippen LogP contribution in [0.25, 0.3) is 0 Å². The van der Waals surface area contributed by atoms with Gasteiger partial charge in [0, 0.05) is 12.2 Å². The summed E-state index contributed by atoms with van der Waals surface area (Å²) in [6.45, 7) is 1.73. The fourth-order valence-electron chi connectivity index (χ4n) is 2.98. The highest BCUT2D eigenvalue weighted by atomic mass is 16.5. The average Bonchev–Trinajstić information content (AvgIpc) is 3.02. The number of benzene rings is 1. The van der Waals surface area contributed by atoms with Gasteiger partial charge in [-0.2, -0.15) is 5.10 Å². The number of para-hydroxylation sites is 1. The molecule has 0 amide bonds. The maximum atomic E-state index is 12.3. The van der Waals surface area contributed by atoms with Crippen LogP contribution < -0.4 is 10.4 Å². The summed E-state index contributed by atoms with van der Waals surface area (Å²) in [5.74, 6) is 0.294. The van der Waals surface area contributed by atoms with Gasteiger partial charge in [-0.1, -0.05) is 12.1 Å². The van der Waals surface area contributed by atoms with Crippen LogP contribution in [-0.4, -0.2) is 38.5 Å². The lowest BCUT2D eigenvalue weighted by Crippen LogP contribution is -2.36. The Balaban J connectivity index is 1.68. The highest BCUT2D eigenvalue weighted by Crippen LogP contribution is 2.36. The number of nitrogens with two attached hydrogens (primary N) is 1. The first-order valence-electron chi connectivity index (χ1n) is 8.05. The number of rotatable bonds is 6. The molecule has 0 aliphatic carbocycles. The predicted molar refractivity (Wildman–Crippen MR) is 90.0 cm³/mol. The smallest absolute Gasteiger partial charge is 0.526 e. The molecule has 2 aromatic rings. The first kappa shape index (κ1) is 17.3. The highest BCUT2D eigenvalue weighted by molar-refractivity contribution is 6.47. The number of nitrogens with zero attached hydrogens (tertiary/aromatic N) is 3. The molecule has 0 fully saturated rings. The summed E-state index contributed by atoms with van der Waals surface area (Å²) in [7, 11) is -1.13. The van der Waals surface area contributed by atoms with Gasteiger partial charge < -0.3 is 15.4 Å². The predicted octanol–water partition coefficient (Wildman–Crippen LogP) is 0.384. The van der Waals surface area contributed by atoms with Crippen molar-refractivity contribution in [3.8, 4) is 5.75 Å². The van der Waals surface area contributed by atoms with Gasteiger partial charge in [-0.25, -0.2) is 9.67 Å². The van der Waals surface area contributed by atoms with E-state index in [-0.39, 0.29) is 36.9 Å². The van der Waals surface area contributed by atoms with Crippen LogP contribution >= 0.6 is 0 Å². The molecule has 0 saturated heterocycles. The second-order valence-electron chi connectivity index (χ2n) is 6.13. The molecule has 8 nitrogen and oxygen atoms in total. The molecule has 0 unspecified atom stereocenters. The van der Waals surface area contributed by atoms with Crippen molar-refractivity contribution in [3.05, 3.63) is 41.5 Å². The van der Waals surface area contributed by atoms with E-state index in [2.05, 4.69) is 10.1 Å². The molecule has 9 heteroatoms. The van der Waals surface area contributed by atoms with Gasteiger partial charge in [-0.15, -0.1) is 0 Å². The summed E-state index contributed by atoms with van der Waals surface area (Å²) in [4.78, 5) is 27.9. The molecule has 130 valence electrons. The summed E-state index contributed by atoms with van der Waals surface area (Å²) >= 11 is 0. The van der Waals surface area contributed by atoms with Gasteiger partial charge >= 0.3 is 7.12 Å². The Morgan fingerprint density at radius 3 is 2.96 bits per heavy atom. The third-order valence-electron chi connectivity index (χ3n) is 4.19. The summed E-state index contributed by atoms with van der Waals surface area (Å²) in [6.07, 6.45) is 2.07. The zero-order chi connectivity index (χ0) is 18.0. The lowest BCUT2D eigenvalue weighted by atomic mass is 9.64. The molecule has 1 aliphatic heterocycles. The number of carbonyl (C=O) groups is 2. The Kier molecular flexibility index (Phi) is 4.96. The van der Waals surface area contributed by atoms with Crippen molar-refractivity contribution in [1.29, 1.82) is 0 Å². The monoisotopic (exact) mass is 342 g/mol.